The quantitative estimate of drug-likeness (QED) is 0.491. The van der Waals surface area contributed by atoms with E-state index in [1.807, 2.05) is 0 Å². The van der Waals surface area contributed by atoms with Gasteiger partial charge in [0.15, 0.2) is 0 Å². The summed E-state index contributed by atoms with van der Waals surface area (Å²) in [6.07, 6.45) is 5.08. The molecule has 0 aliphatic rings. The van der Waals surface area contributed by atoms with Crippen molar-refractivity contribution in [1.29, 1.82) is 0 Å². The van der Waals surface area contributed by atoms with E-state index in [2.05, 4.69) is 15.7 Å². The van der Waals surface area contributed by atoms with Gasteiger partial charge in [-0.1, -0.05) is 0 Å². The van der Waals surface area contributed by atoms with E-state index in [1.165, 1.54) is 0 Å². The van der Waals surface area contributed by atoms with Gasteiger partial charge < -0.3 is 15.8 Å². The van der Waals surface area contributed by atoms with Crippen LogP contribution in [0.3, 0.4) is 0 Å². The van der Waals surface area contributed by atoms with Crippen LogP contribution >= 0.6 is 0 Å². The fourth-order valence-electron chi connectivity index (χ4n) is 0.215. The minimum atomic E-state index is -0.968. The molecule has 0 saturated carbocycles. The predicted octanol–water partition coefficient (Wildman–Crippen LogP) is -0.561. The lowest BCUT2D eigenvalue weighted by Gasteiger charge is -1.73. The molecule has 1 rings (SSSR count). The van der Waals surface area contributed by atoms with Crippen LogP contribution in [-0.2, 0) is 4.79 Å². The Balaban J connectivity index is 0.000000162. The van der Waals surface area contributed by atoms with E-state index in [1.54, 1.807) is 18.7 Å². The van der Waals surface area contributed by atoms with E-state index in [4.69, 9.17) is 5.11 Å². The van der Waals surface area contributed by atoms with Gasteiger partial charge >= 0.3 is 5.97 Å². The van der Waals surface area contributed by atoms with Crippen molar-refractivity contribution < 1.29 is 9.90 Å². The van der Waals surface area contributed by atoms with Crippen molar-refractivity contribution in [3.05, 3.63) is 18.7 Å². The molecule has 0 aliphatic heterocycles. The first-order valence-corrected chi connectivity index (χ1v) is 2.62. The van der Waals surface area contributed by atoms with Crippen LogP contribution < -0.4 is 5.73 Å². The van der Waals surface area contributed by atoms with Gasteiger partial charge in [-0.15, -0.1) is 0 Å². The molecule has 0 bridgehead atoms. The molecular weight excluding hydrogens is 134 g/mol. The second kappa shape index (κ2) is 5.77. The normalized spacial score (nSPS) is 7.70. The van der Waals surface area contributed by atoms with Gasteiger partial charge in [-0.2, -0.15) is 0 Å². The summed E-state index contributed by atoms with van der Waals surface area (Å²) in [4.78, 5) is 15.7. The molecule has 0 spiro atoms. The topological polar surface area (TPSA) is 92.0 Å². The SMILES string of the molecule is NCC(=O)O.c1c[nH]cn1. The first-order valence-electron chi connectivity index (χ1n) is 2.62. The van der Waals surface area contributed by atoms with Crippen LogP contribution in [0.25, 0.3) is 0 Å². The molecule has 0 saturated heterocycles. The van der Waals surface area contributed by atoms with E-state index in [9.17, 15) is 4.79 Å². The minimum Gasteiger partial charge on any atom is -0.480 e. The lowest BCUT2D eigenvalue weighted by molar-refractivity contribution is -0.135. The summed E-state index contributed by atoms with van der Waals surface area (Å²) in [5, 5.41) is 7.60. The largest absolute Gasteiger partial charge is 0.480 e. The summed E-state index contributed by atoms with van der Waals surface area (Å²) in [5.41, 5.74) is 4.57. The van der Waals surface area contributed by atoms with E-state index in [0.717, 1.165) is 0 Å². The van der Waals surface area contributed by atoms with Crippen LogP contribution in [0, 0.1) is 0 Å². The lowest BCUT2D eigenvalue weighted by Crippen LogP contribution is -2.10. The first kappa shape index (κ1) is 8.64. The van der Waals surface area contributed by atoms with Gasteiger partial charge in [0.2, 0.25) is 0 Å². The van der Waals surface area contributed by atoms with Gasteiger partial charge in [0.25, 0.3) is 0 Å². The molecular formula is C5H9N3O2. The zero-order chi connectivity index (χ0) is 7.82. The van der Waals surface area contributed by atoms with Crippen LogP contribution in [0.1, 0.15) is 0 Å². The Morgan fingerprint density at radius 3 is 2.50 bits per heavy atom. The summed E-state index contributed by atoms with van der Waals surface area (Å²) in [5.74, 6) is -0.968. The molecule has 1 aromatic heterocycles. The van der Waals surface area contributed by atoms with E-state index in [-0.39, 0.29) is 6.54 Å². The molecule has 0 unspecified atom stereocenters. The smallest absolute Gasteiger partial charge is 0.317 e. The average molecular weight is 143 g/mol. The van der Waals surface area contributed by atoms with Gasteiger partial charge in [0.05, 0.1) is 12.9 Å². The van der Waals surface area contributed by atoms with Crippen molar-refractivity contribution in [2.24, 2.45) is 5.73 Å². The number of aliphatic carboxylic acids is 1. The molecule has 0 amide bonds. The van der Waals surface area contributed by atoms with Crippen LogP contribution in [-0.4, -0.2) is 27.6 Å². The molecule has 0 aromatic carbocycles. The van der Waals surface area contributed by atoms with Gasteiger partial charge in [-0.05, 0) is 0 Å². The molecule has 0 fully saturated rings. The fourth-order valence-corrected chi connectivity index (χ4v) is 0.215. The van der Waals surface area contributed by atoms with Gasteiger partial charge in [0, 0.05) is 12.4 Å². The number of aromatic amines is 1. The number of nitrogens with one attached hydrogen (secondary N) is 1. The molecule has 5 heteroatoms. The van der Waals surface area contributed by atoms with Gasteiger partial charge in [-0.25, -0.2) is 4.98 Å². The van der Waals surface area contributed by atoms with E-state index < -0.39 is 5.97 Å². The molecule has 5 nitrogen and oxygen atoms in total. The number of nitrogens with zero attached hydrogens (tertiary/aromatic N) is 1. The van der Waals surface area contributed by atoms with Crippen LogP contribution in [0.4, 0.5) is 0 Å². The Morgan fingerprint density at radius 1 is 1.80 bits per heavy atom. The third-order valence-electron chi connectivity index (χ3n) is 0.581. The van der Waals surface area contributed by atoms with Crippen molar-refractivity contribution in [3.8, 4) is 0 Å². The number of hydrogen-bond acceptors (Lipinski definition) is 3. The number of carbonyl (C=O) groups is 1. The van der Waals surface area contributed by atoms with Crippen molar-refractivity contribution in [3.63, 3.8) is 0 Å². The maximum Gasteiger partial charge on any atom is 0.317 e. The third-order valence-corrected chi connectivity index (χ3v) is 0.581. The molecule has 0 atom stereocenters. The summed E-state index contributed by atoms with van der Waals surface area (Å²) in [6.45, 7) is -0.278. The zero-order valence-corrected chi connectivity index (χ0v) is 5.32. The fraction of sp³-hybridized carbons (Fsp3) is 0.200. The number of rotatable bonds is 1. The predicted molar refractivity (Wildman–Crippen MR) is 35.3 cm³/mol. The summed E-state index contributed by atoms with van der Waals surface area (Å²) < 4.78 is 0. The number of hydrogen-bond donors (Lipinski definition) is 3. The standard InChI is InChI=1S/C3H4N2.C2H5NO2/c1-2-5-3-4-1;3-1-2(4)5/h1-3H,(H,4,5);1,3H2,(H,4,5). The van der Waals surface area contributed by atoms with E-state index in [0.29, 0.717) is 0 Å². The summed E-state index contributed by atoms with van der Waals surface area (Å²) in [6, 6.07) is 0. The highest BCUT2D eigenvalue weighted by Gasteiger charge is 1.81. The number of aromatic nitrogens is 2. The van der Waals surface area contributed by atoms with Gasteiger partial charge in [0.1, 0.15) is 0 Å². The number of carboxylic acids is 1. The van der Waals surface area contributed by atoms with Crippen molar-refractivity contribution in [1.82, 2.24) is 9.97 Å². The maximum absolute atomic E-state index is 9.24. The van der Waals surface area contributed by atoms with Crippen molar-refractivity contribution >= 4 is 5.97 Å². The maximum atomic E-state index is 9.24. The zero-order valence-electron chi connectivity index (χ0n) is 5.32. The van der Waals surface area contributed by atoms with E-state index >= 15 is 0 Å². The Morgan fingerprint density at radius 2 is 2.40 bits per heavy atom. The first-order chi connectivity index (χ1) is 4.77. The number of nitrogens with two attached hydrogens (primary N) is 1. The highest BCUT2D eigenvalue weighted by Crippen LogP contribution is 1.62. The Kier molecular flexibility index (Phi) is 4.99. The van der Waals surface area contributed by atoms with Crippen molar-refractivity contribution in [2.45, 2.75) is 0 Å². The van der Waals surface area contributed by atoms with Gasteiger partial charge in [-0.3, -0.25) is 4.79 Å². The molecule has 10 heavy (non-hydrogen) atoms. The second-order valence-corrected chi connectivity index (χ2v) is 1.36. The van der Waals surface area contributed by atoms with Crippen LogP contribution in [0.5, 0.6) is 0 Å². The molecule has 1 aromatic rings. The highest BCUT2D eigenvalue weighted by molar-refractivity contribution is 5.68. The van der Waals surface area contributed by atoms with Crippen LogP contribution in [0.2, 0.25) is 0 Å². The van der Waals surface area contributed by atoms with Crippen LogP contribution in [0.15, 0.2) is 18.7 Å². The lowest BCUT2D eigenvalue weighted by atomic mass is 10.7. The Labute approximate surface area is 57.9 Å². The molecule has 1 heterocycles. The highest BCUT2D eigenvalue weighted by atomic mass is 16.4. The third kappa shape index (κ3) is 6.64. The number of imidazole rings is 1. The Bertz CT molecular complexity index is 144. The second-order valence-electron chi connectivity index (χ2n) is 1.36. The Hall–Kier alpha value is -1.36. The number of carboxylic acid groups (broad SMARTS) is 1. The molecule has 0 radical (unpaired) electrons. The molecule has 4 N–H and O–H groups in total. The number of H-pyrrole nitrogens is 1. The monoisotopic (exact) mass is 143 g/mol. The molecule has 0 aliphatic carbocycles. The van der Waals surface area contributed by atoms with Crippen molar-refractivity contribution in [2.75, 3.05) is 6.54 Å². The average Bonchev–Trinajstić information content (AvgIpc) is 2.43. The minimum absolute atomic E-state index is 0.278. The summed E-state index contributed by atoms with van der Waals surface area (Å²) >= 11 is 0. The summed E-state index contributed by atoms with van der Waals surface area (Å²) in [7, 11) is 0. The molecule has 56 valence electrons.